The van der Waals surface area contributed by atoms with E-state index >= 15 is 0 Å². The minimum absolute atomic E-state index is 0.0533. The molecule has 88 valence electrons. The molecule has 1 atom stereocenters. The van der Waals surface area contributed by atoms with Crippen molar-refractivity contribution < 1.29 is 9.90 Å². The number of hydrogen-bond acceptors (Lipinski definition) is 3. The number of aromatic nitrogens is 1. The van der Waals surface area contributed by atoms with E-state index in [0.717, 1.165) is 10.0 Å². The molecule has 0 spiro atoms. The predicted molar refractivity (Wildman–Crippen MR) is 65.0 cm³/mol. The van der Waals surface area contributed by atoms with Crippen LogP contribution < -0.4 is 5.32 Å². The van der Waals surface area contributed by atoms with E-state index in [9.17, 15) is 4.79 Å². The van der Waals surface area contributed by atoms with Gasteiger partial charge in [-0.25, -0.2) is 0 Å². The standard InChI is InChI=1S/C11H15BrN2O2/c1-7(2)10(11(15)16)14-5-8-3-9(12)6-13-4-8/h3-4,6-7,10,14H,5H2,1-2H3,(H,15,16). The Hall–Kier alpha value is -0.940. The van der Waals surface area contributed by atoms with Crippen molar-refractivity contribution in [2.45, 2.75) is 26.4 Å². The number of carboxylic acids is 1. The Balaban J connectivity index is 2.59. The first-order chi connectivity index (χ1) is 7.50. The molecule has 0 aliphatic heterocycles. The average molecular weight is 287 g/mol. The summed E-state index contributed by atoms with van der Waals surface area (Å²) in [6.45, 7) is 4.26. The van der Waals surface area contributed by atoms with Gasteiger partial charge in [-0.2, -0.15) is 0 Å². The molecule has 0 amide bonds. The lowest BCUT2D eigenvalue weighted by atomic mass is 10.0. The van der Waals surface area contributed by atoms with Gasteiger partial charge in [-0.15, -0.1) is 0 Å². The maximum absolute atomic E-state index is 10.9. The van der Waals surface area contributed by atoms with Crippen LogP contribution in [0.15, 0.2) is 22.9 Å². The molecule has 0 bridgehead atoms. The normalized spacial score (nSPS) is 12.8. The van der Waals surface area contributed by atoms with E-state index in [4.69, 9.17) is 5.11 Å². The Morgan fingerprint density at radius 2 is 2.25 bits per heavy atom. The van der Waals surface area contributed by atoms with E-state index < -0.39 is 12.0 Å². The van der Waals surface area contributed by atoms with Crippen molar-refractivity contribution in [3.05, 3.63) is 28.5 Å². The molecule has 0 aromatic carbocycles. The lowest BCUT2D eigenvalue weighted by molar-refractivity contribution is -0.140. The van der Waals surface area contributed by atoms with Crippen molar-refractivity contribution in [2.24, 2.45) is 5.92 Å². The summed E-state index contributed by atoms with van der Waals surface area (Å²) >= 11 is 3.32. The Morgan fingerprint density at radius 1 is 1.56 bits per heavy atom. The number of carbonyl (C=O) groups is 1. The van der Waals surface area contributed by atoms with E-state index in [-0.39, 0.29) is 5.92 Å². The molecule has 0 radical (unpaired) electrons. The van der Waals surface area contributed by atoms with Crippen LogP contribution in [0, 0.1) is 5.92 Å². The van der Waals surface area contributed by atoms with Crippen molar-refractivity contribution >= 4 is 21.9 Å². The van der Waals surface area contributed by atoms with Crippen molar-refractivity contribution in [1.29, 1.82) is 0 Å². The van der Waals surface area contributed by atoms with E-state index in [1.165, 1.54) is 0 Å². The molecule has 0 aliphatic rings. The second-order valence-electron chi connectivity index (χ2n) is 3.95. The number of hydrogen-bond donors (Lipinski definition) is 2. The van der Waals surface area contributed by atoms with Crippen LogP contribution in [0.1, 0.15) is 19.4 Å². The highest BCUT2D eigenvalue weighted by molar-refractivity contribution is 9.10. The van der Waals surface area contributed by atoms with Gasteiger partial charge in [-0.3, -0.25) is 9.78 Å². The minimum atomic E-state index is -0.821. The van der Waals surface area contributed by atoms with Gasteiger partial charge < -0.3 is 10.4 Å². The zero-order chi connectivity index (χ0) is 12.1. The van der Waals surface area contributed by atoms with Gasteiger partial charge in [0, 0.05) is 23.4 Å². The Morgan fingerprint density at radius 3 is 2.75 bits per heavy atom. The molecule has 0 fully saturated rings. The summed E-state index contributed by atoms with van der Waals surface area (Å²) in [5, 5.41) is 12.0. The third kappa shape index (κ3) is 3.90. The van der Waals surface area contributed by atoms with Gasteiger partial charge in [-0.05, 0) is 33.5 Å². The Labute approximate surface area is 103 Å². The van der Waals surface area contributed by atoms with Crippen LogP contribution in [0.4, 0.5) is 0 Å². The molecular weight excluding hydrogens is 272 g/mol. The van der Waals surface area contributed by atoms with Crippen LogP contribution in [-0.2, 0) is 11.3 Å². The molecule has 1 aromatic rings. The van der Waals surface area contributed by atoms with E-state index in [1.807, 2.05) is 19.9 Å². The molecule has 1 rings (SSSR count). The quantitative estimate of drug-likeness (QED) is 0.870. The van der Waals surface area contributed by atoms with Gasteiger partial charge in [0.05, 0.1) is 0 Å². The van der Waals surface area contributed by atoms with Crippen molar-refractivity contribution in [3.63, 3.8) is 0 Å². The summed E-state index contributed by atoms with van der Waals surface area (Å²) in [6.07, 6.45) is 3.41. The summed E-state index contributed by atoms with van der Waals surface area (Å²) in [4.78, 5) is 15.0. The summed E-state index contributed by atoms with van der Waals surface area (Å²) in [5.41, 5.74) is 0.960. The third-order valence-corrected chi connectivity index (χ3v) is 2.65. The highest BCUT2D eigenvalue weighted by Crippen LogP contribution is 2.10. The number of nitrogens with one attached hydrogen (secondary N) is 1. The first kappa shape index (κ1) is 13.1. The predicted octanol–water partition coefficient (Wildman–Crippen LogP) is 2.04. The molecular formula is C11H15BrN2O2. The first-order valence-corrected chi connectivity index (χ1v) is 5.85. The summed E-state index contributed by atoms with van der Waals surface area (Å²) < 4.78 is 0.892. The average Bonchev–Trinajstić information content (AvgIpc) is 2.16. The second-order valence-corrected chi connectivity index (χ2v) is 4.87. The molecule has 0 saturated carbocycles. The maximum Gasteiger partial charge on any atom is 0.320 e. The highest BCUT2D eigenvalue weighted by Gasteiger charge is 2.20. The molecule has 1 unspecified atom stereocenters. The fourth-order valence-corrected chi connectivity index (χ4v) is 1.80. The Kier molecular flexibility index (Phi) is 4.89. The molecule has 0 saturated heterocycles. The van der Waals surface area contributed by atoms with Crippen LogP contribution in [-0.4, -0.2) is 22.1 Å². The van der Waals surface area contributed by atoms with E-state index in [2.05, 4.69) is 26.2 Å². The SMILES string of the molecule is CC(C)C(NCc1cncc(Br)c1)C(=O)O. The largest absolute Gasteiger partial charge is 0.480 e. The number of halogens is 1. The second kappa shape index (κ2) is 5.96. The van der Waals surface area contributed by atoms with Crippen LogP contribution in [0.25, 0.3) is 0 Å². The maximum atomic E-state index is 10.9. The van der Waals surface area contributed by atoms with Gasteiger partial charge in [0.2, 0.25) is 0 Å². The van der Waals surface area contributed by atoms with Crippen LogP contribution in [0.2, 0.25) is 0 Å². The van der Waals surface area contributed by atoms with E-state index in [0.29, 0.717) is 6.54 Å². The van der Waals surface area contributed by atoms with Gasteiger partial charge in [0.15, 0.2) is 0 Å². The molecule has 4 nitrogen and oxygen atoms in total. The van der Waals surface area contributed by atoms with Crippen LogP contribution >= 0.6 is 15.9 Å². The van der Waals surface area contributed by atoms with Gasteiger partial charge >= 0.3 is 5.97 Å². The third-order valence-electron chi connectivity index (χ3n) is 2.22. The molecule has 1 heterocycles. The summed E-state index contributed by atoms with van der Waals surface area (Å²) in [7, 11) is 0. The molecule has 0 aliphatic carbocycles. The fraction of sp³-hybridized carbons (Fsp3) is 0.455. The summed E-state index contributed by atoms with van der Waals surface area (Å²) in [5.74, 6) is -0.768. The zero-order valence-electron chi connectivity index (χ0n) is 9.27. The lowest BCUT2D eigenvalue weighted by Crippen LogP contribution is -2.40. The number of aliphatic carboxylic acids is 1. The molecule has 2 N–H and O–H groups in total. The van der Waals surface area contributed by atoms with Gasteiger partial charge in [-0.1, -0.05) is 13.8 Å². The molecule has 16 heavy (non-hydrogen) atoms. The molecule has 1 aromatic heterocycles. The Bertz CT molecular complexity index is 369. The van der Waals surface area contributed by atoms with Crippen LogP contribution in [0.5, 0.6) is 0 Å². The fourth-order valence-electron chi connectivity index (χ4n) is 1.39. The van der Waals surface area contributed by atoms with Crippen molar-refractivity contribution in [1.82, 2.24) is 10.3 Å². The van der Waals surface area contributed by atoms with Crippen molar-refractivity contribution in [3.8, 4) is 0 Å². The monoisotopic (exact) mass is 286 g/mol. The number of carboxylic acid groups (broad SMARTS) is 1. The number of nitrogens with zero attached hydrogens (tertiary/aromatic N) is 1. The smallest absolute Gasteiger partial charge is 0.320 e. The topological polar surface area (TPSA) is 62.2 Å². The van der Waals surface area contributed by atoms with Gasteiger partial charge in [0.25, 0.3) is 0 Å². The minimum Gasteiger partial charge on any atom is -0.480 e. The highest BCUT2D eigenvalue weighted by atomic mass is 79.9. The number of pyridine rings is 1. The van der Waals surface area contributed by atoms with E-state index in [1.54, 1.807) is 12.4 Å². The summed E-state index contributed by atoms with van der Waals surface area (Å²) in [6, 6.07) is 1.39. The zero-order valence-corrected chi connectivity index (χ0v) is 10.9. The lowest BCUT2D eigenvalue weighted by Gasteiger charge is -2.17. The molecule has 5 heteroatoms. The van der Waals surface area contributed by atoms with Crippen molar-refractivity contribution in [2.75, 3.05) is 0 Å². The number of rotatable bonds is 5. The van der Waals surface area contributed by atoms with Gasteiger partial charge in [0.1, 0.15) is 6.04 Å². The first-order valence-electron chi connectivity index (χ1n) is 5.06. The van der Waals surface area contributed by atoms with Crippen LogP contribution in [0.3, 0.4) is 0 Å².